The van der Waals surface area contributed by atoms with Gasteiger partial charge in [0.2, 0.25) is 0 Å². The van der Waals surface area contributed by atoms with Crippen LogP contribution in [0.3, 0.4) is 0 Å². The summed E-state index contributed by atoms with van der Waals surface area (Å²) in [6.07, 6.45) is 1.48. The molecule has 0 unspecified atom stereocenters. The third kappa shape index (κ3) is 3.37. The maximum Gasteiger partial charge on any atom is 0.187 e. The van der Waals surface area contributed by atoms with Crippen LogP contribution in [0.25, 0.3) is 0 Å². The second-order valence-electron chi connectivity index (χ2n) is 4.79. The normalized spacial score (nSPS) is 20.4. The Bertz CT molecular complexity index is 406. The van der Waals surface area contributed by atoms with E-state index in [1.807, 2.05) is 18.4 Å². The lowest BCUT2D eigenvalue weighted by Gasteiger charge is -2.35. The van der Waals surface area contributed by atoms with E-state index in [2.05, 4.69) is 20.8 Å². The van der Waals surface area contributed by atoms with Gasteiger partial charge < -0.3 is 5.11 Å². The van der Waals surface area contributed by atoms with Gasteiger partial charge in [-0.25, -0.2) is 0 Å². The Kier molecular flexibility index (Phi) is 4.02. The van der Waals surface area contributed by atoms with Crippen molar-refractivity contribution < 1.29 is 9.90 Å². The van der Waals surface area contributed by atoms with Gasteiger partial charge in [0.15, 0.2) is 5.78 Å². The van der Waals surface area contributed by atoms with E-state index in [-0.39, 0.29) is 5.78 Å². The summed E-state index contributed by atoms with van der Waals surface area (Å²) in [5, 5.41) is 11.8. The first-order chi connectivity index (χ1) is 7.98. The van der Waals surface area contributed by atoms with Crippen LogP contribution in [0.5, 0.6) is 0 Å². The fraction of sp³-hybridized carbons (Fsp3) is 0.583. The third-order valence-electron chi connectivity index (χ3n) is 3.17. The summed E-state index contributed by atoms with van der Waals surface area (Å²) in [7, 11) is 0. The van der Waals surface area contributed by atoms with Crippen molar-refractivity contribution in [1.29, 1.82) is 0 Å². The molecule has 0 spiro atoms. The summed E-state index contributed by atoms with van der Waals surface area (Å²) in [5.74, 6) is 0.161. The molecule has 3 nitrogen and oxygen atoms in total. The molecule has 0 aromatic carbocycles. The maximum atomic E-state index is 12.0. The number of Topliss-reactive ketones (excluding diaryl/α,β-unsaturated/α-hetero) is 1. The molecule has 94 valence electrons. The van der Waals surface area contributed by atoms with Crippen molar-refractivity contribution >= 4 is 33.0 Å². The fourth-order valence-corrected chi connectivity index (χ4v) is 3.49. The lowest BCUT2D eigenvalue weighted by molar-refractivity contribution is -0.00417. The van der Waals surface area contributed by atoms with Gasteiger partial charge in [0.25, 0.3) is 0 Å². The van der Waals surface area contributed by atoms with Crippen molar-refractivity contribution in [2.75, 3.05) is 19.6 Å². The average Bonchev–Trinajstić information content (AvgIpc) is 2.68. The van der Waals surface area contributed by atoms with Crippen LogP contribution >= 0.6 is 27.3 Å². The number of hydrogen-bond donors (Lipinski definition) is 1. The van der Waals surface area contributed by atoms with Gasteiger partial charge in [-0.15, -0.1) is 11.3 Å². The number of thiophene rings is 1. The van der Waals surface area contributed by atoms with Crippen molar-refractivity contribution in [3.8, 4) is 0 Å². The molecule has 1 aromatic heterocycles. The molecule has 17 heavy (non-hydrogen) atoms. The lowest BCUT2D eigenvalue weighted by atomic mass is 9.94. The van der Waals surface area contributed by atoms with E-state index in [1.54, 1.807) is 0 Å². The first-order valence-corrected chi connectivity index (χ1v) is 7.36. The molecule has 0 aliphatic carbocycles. The predicted octanol–water partition coefficient (Wildman–Crippen LogP) is 2.54. The van der Waals surface area contributed by atoms with Crippen molar-refractivity contribution in [3.05, 3.63) is 20.8 Å². The van der Waals surface area contributed by atoms with Crippen molar-refractivity contribution in [2.45, 2.75) is 25.4 Å². The van der Waals surface area contributed by atoms with Gasteiger partial charge in [0, 0.05) is 17.6 Å². The molecule has 1 N–H and O–H groups in total. The quantitative estimate of drug-likeness (QED) is 0.871. The van der Waals surface area contributed by atoms with E-state index in [0.717, 1.165) is 35.3 Å². The zero-order valence-electron chi connectivity index (χ0n) is 9.78. The van der Waals surface area contributed by atoms with E-state index in [9.17, 15) is 9.90 Å². The van der Waals surface area contributed by atoms with Gasteiger partial charge in [-0.3, -0.25) is 9.69 Å². The highest BCUT2D eigenvalue weighted by molar-refractivity contribution is 9.10. The standard InChI is InChI=1S/C12H16BrNO2S/c1-12(16)3-5-14(6-4-12)8-10(15)11-9(13)2-7-17-11/h2,7,16H,3-6,8H2,1H3. The Morgan fingerprint density at radius 1 is 1.59 bits per heavy atom. The number of ketones is 1. The van der Waals surface area contributed by atoms with Gasteiger partial charge in [-0.1, -0.05) is 0 Å². The SMILES string of the molecule is CC1(O)CCN(CC(=O)c2sccc2Br)CC1. The van der Waals surface area contributed by atoms with E-state index in [4.69, 9.17) is 0 Å². The lowest BCUT2D eigenvalue weighted by Crippen LogP contribution is -2.44. The first kappa shape index (κ1) is 13.2. The van der Waals surface area contributed by atoms with Crippen LogP contribution in [0.4, 0.5) is 0 Å². The number of piperidine rings is 1. The van der Waals surface area contributed by atoms with Gasteiger partial charge in [0.1, 0.15) is 0 Å². The summed E-state index contributed by atoms with van der Waals surface area (Å²) in [6, 6.07) is 1.90. The molecular weight excluding hydrogens is 302 g/mol. The van der Waals surface area contributed by atoms with Gasteiger partial charge in [-0.05, 0) is 47.1 Å². The molecular formula is C12H16BrNO2S. The molecule has 1 aromatic rings. The van der Waals surface area contributed by atoms with Crippen LogP contribution in [-0.2, 0) is 0 Å². The van der Waals surface area contributed by atoms with Crippen LogP contribution in [0.2, 0.25) is 0 Å². The maximum absolute atomic E-state index is 12.0. The molecule has 0 bridgehead atoms. The molecule has 5 heteroatoms. The Labute approximate surface area is 114 Å². The Morgan fingerprint density at radius 2 is 2.24 bits per heavy atom. The molecule has 2 rings (SSSR count). The third-order valence-corrected chi connectivity index (χ3v) is 5.05. The largest absolute Gasteiger partial charge is 0.390 e. The van der Waals surface area contributed by atoms with E-state index >= 15 is 0 Å². The summed E-state index contributed by atoms with van der Waals surface area (Å²) in [4.78, 5) is 14.9. The number of likely N-dealkylation sites (tertiary alicyclic amines) is 1. The highest BCUT2D eigenvalue weighted by atomic mass is 79.9. The highest BCUT2D eigenvalue weighted by Crippen LogP contribution is 2.25. The Balaban J connectivity index is 1.91. The molecule has 2 heterocycles. The van der Waals surface area contributed by atoms with Crippen LogP contribution in [0, 0.1) is 0 Å². The fourth-order valence-electron chi connectivity index (χ4n) is 1.96. The number of nitrogens with zero attached hydrogens (tertiary/aromatic N) is 1. The van der Waals surface area contributed by atoms with Crippen LogP contribution < -0.4 is 0 Å². The number of rotatable bonds is 3. The summed E-state index contributed by atoms with van der Waals surface area (Å²) < 4.78 is 0.886. The molecule has 0 amide bonds. The minimum atomic E-state index is -0.553. The predicted molar refractivity (Wildman–Crippen MR) is 72.6 cm³/mol. The van der Waals surface area contributed by atoms with E-state index < -0.39 is 5.60 Å². The summed E-state index contributed by atoms with van der Waals surface area (Å²) in [5.41, 5.74) is -0.553. The van der Waals surface area contributed by atoms with Crippen molar-refractivity contribution in [1.82, 2.24) is 4.90 Å². The van der Waals surface area contributed by atoms with Crippen molar-refractivity contribution in [2.24, 2.45) is 0 Å². The zero-order valence-corrected chi connectivity index (χ0v) is 12.2. The molecule has 0 atom stereocenters. The van der Waals surface area contributed by atoms with Crippen molar-refractivity contribution in [3.63, 3.8) is 0 Å². The van der Waals surface area contributed by atoms with Crippen LogP contribution in [0.1, 0.15) is 29.4 Å². The minimum absolute atomic E-state index is 0.161. The Hall–Kier alpha value is -0.230. The first-order valence-electron chi connectivity index (χ1n) is 5.69. The average molecular weight is 318 g/mol. The Morgan fingerprint density at radius 3 is 2.76 bits per heavy atom. The highest BCUT2D eigenvalue weighted by Gasteiger charge is 2.28. The number of hydrogen-bond acceptors (Lipinski definition) is 4. The number of halogens is 1. The van der Waals surface area contributed by atoms with Crippen LogP contribution in [0.15, 0.2) is 15.9 Å². The monoisotopic (exact) mass is 317 g/mol. The number of carbonyl (C=O) groups is 1. The topological polar surface area (TPSA) is 40.5 Å². The summed E-state index contributed by atoms with van der Waals surface area (Å²) in [6.45, 7) is 3.90. The minimum Gasteiger partial charge on any atom is -0.390 e. The van der Waals surface area contributed by atoms with Gasteiger partial charge in [-0.2, -0.15) is 0 Å². The molecule has 1 aliphatic rings. The second kappa shape index (κ2) is 5.18. The number of carbonyl (C=O) groups excluding carboxylic acids is 1. The molecule has 1 fully saturated rings. The molecule has 1 aliphatic heterocycles. The second-order valence-corrected chi connectivity index (χ2v) is 6.56. The van der Waals surface area contributed by atoms with Gasteiger partial charge >= 0.3 is 0 Å². The number of aliphatic hydroxyl groups is 1. The zero-order chi connectivity index (χ0) is 12.5. The summed E-state index contributed by atoms with van der Waals surface area (Å²) >= 11 is 4.85. The molecule has 0 radical (unpaired) electrons. The van der Waals surface area contributed by atoms with E-state index in [0.29, 0.717) is 6.54 Å². The molecule has 0 saturated carbocycles. The van der Waals surface area contributed by atoms with E-state index in [1.165, 1.54) is 11.3 Å². The molecule has 1 saturated heterocycles. The van der Waals surface area contributed by atoms with Gasteiger partial charge in [0.05, 0.1) is 17.0 Å². The van der Waals surface area contributed by atoms with Crippen LogP contribution in [-0.4, -0.2) is 41.0 Å². The smallest absolute Gasteiger partial charge is 0.187 e.